The molecule has 16 heavy (non-hydrogen) atoms. The maximum atomic E-state index is 9.00. The molecule has 4 heteroatoms. The standard InChI is InChI=1S/C10H14N2.C2H4O2/c1-2-7-12-10(5-1)9-4-3-6-11-8-9;1-2(3)4/h3-4,6,8,10,12H,1-2,5,7H2;1H3,(H,3,4). The van der Waals surface area contributed by atoms with E-state index in [1.165, 1.54) is 24.8 Å². The van der Waals surface area contributed by atoms with Crippen LogP contribution in [0.5, 0.6) is 0 Å². The van der Waals surface area contributed by atoms with Crippen LogP contribution in [0, 0.1) is 0 Å². The number of nitrogens with one attached hydrogen (secondary N) is 1. The van der Waals surface area contributed by atoms with E-state index in [-0.39, 0.29) is 0 Å². The first-order chi connectivity index (χ1) is 7.70. The molecule has 0 radical (unpaired) electrons. The molecule has 2 heterocycles. The zero-order valence-electron chi connectivity index (χ0n) is 9.52. The largest absolute Gasteiger partial charge is 0.481 e. The number of aliphatic carboxylic acids is 1. The lowest BCUT2D eigenvalue weighted by molar-refractivity contribution is -0.134. The van der Waals surface area contributed by atoms with Gasteiger partial charge in [-0.2, -0.15) is 0 Å². The summed E-state index contributed by atoms with van der Waals surface area (Å²) in [6.07, 6.45) is 7.70. The molecule has 1 aromatic rings. The molecular weight excluding hydrogens is 204 g/mol. The molecule has 1 atom stereocenters. The van der Waals surface area contributed by atoms with Crippen LogP contribution in [-0.4, -0.2) is 22.6 Å². The Morgan fingerprint density at radius 3 is 2.81 bits per heavy atom. The summed E-state index contributed by atoms with van der Waals surface area (Å²) < 4.78 is 0. The number of carboxylic acids is 1. The number of carboxylic acid groups (broad SMARTS) is 1. The van der Waals surface area contributed by atoms with Crippen LogP contribution in [0.3, 0.4) is 0 Å². The van der Waals surface area contributed by atoms with Crippen LogP contribution in [0.2, 0.25) is 0 Å². The van der Waals surface area contributed by atoms with Crippen molar-refractivity contribution in [3.05, 3.63) is 30.1 Å². The second-order valence-corrected chi connectivity index (χ2v) is 3.81. The van der Waals surface area contributed by atoms with Crippen molar-refractivity contribution in [2.45, 2.75) is 32.2 Å². The highest BCUT2D eigenvalue weighted by molar-refractivity contribution is 5.62. The van der Waals surface area contributed by atoms with Crippen LogP contribution >= 0.6 is 0 Å². The van der Waals surface area contributed by atoms with Crippen molar-refractivity contribution in [2.24, 2.45) is 0 Å². The average molecular weight is 222 g/mol. The van der Waals surface area contributed by atoms with Crippen LogP contribution in [0.15, 0.2) is 24.5 Å². The second-order valence-electron chi connectivity index (χ2n) is 3.81. The van der Waals surface area contributed by atoms with Gasteiger partial charge in [-0.25, -0.2) is 0 Å². The first-order valence-corrected chi connectivity index (χ1v) is 5.53. The molecule has 0 aliphatic carbocycles. The van der Waals surface area contributed by atoms with Crippen molar-refractivity contribution in [3.8, 4) is 0 Å². The zero-order valence-corrected chi connectivity index (χ0v) is 9.52. The monoisotopic (exact) mass is 222 g/mol. The Hall–Kier alpha value is -1.42. The molecule has 1 aliphatic rings. The van der Waals surface area contributed by atoms with Gasteiger partial charge in [0, 0.05) is 25.4 Å². The normalized spacial score (nSPS) is 19.4. The second kappa shape index (κ2) is 6.95. The highest BCUT2D eigenvalue weighted by Crippen LogP contribution is 2.21. The maximum Gasteiger partial charge on any atom is 0.300 e. The molecule has 0 spiro atoms. The number of carbonyl (C=O) groups is 1. The Bertz CT molecular complexity index is 304. The summed E-state index contributed by atoms with van der Waals surface area (Å²) in [7, 11) is 0. The summed E-state index contributed by atoms with van der Waals surface area (Å²) >= 11 is 0. The summed E-state index contributed by atoms with van der Waals surface area (Å²) in [5.41, 5.74) is 1.33. The van der Waals surface area contributed by atoms with Crippen molar-refractivity contribution in [1.82, 2.24) is 10.3 Å². The fourth-order valence-corrected chi connectivity index (χ4v) is 1.72. The minimum absolute atomic E-state index is 0.549. The molecule has 2 rings (SSSR count). The molecule has 88 valence electrons. The fraction of sp³-hybridized carbons (Fsp3) is 0.500. The van der Waals surface area contributed by atoms with Gasteiger partial charge in [0.15, 0.2) is 0 Å². The van der Waals surface area contributed by atoms with E-state index in [0.717, 1.165) is 13.5 Å². The van der Waals surface area contributed by atoms with Crippen molar-refractivity contribution >= 4 is 5.97 Å². The van der Waals surface area contributed by atoms with Gasteiger partial charge in [-0.15, -0.1) is 0 Å². The van der Waals surface area contributed by atoms with Gasteiger partial charge in [-0.3, -0.25) is 9.78 Å². The first-order valence-electron chi connectivity index (χ1n) is 5.53. The molecule has 4 nitrogen and oxygen atoms in total. The Labute approximate surface area is 95.7 Å². The summed E-state index contributed by atoms with van der Waals surface area (Å²) in [6.45, 7) is 2.24. The van der Waals surface area contributed by atoms with Crippen LogP contribution in [0.4, 0.5) is 0 Å². The number of nitrogens with zero attached hydrogens (tertiary/aromatic N) is 1. The molecule has 0 saturated carbocycles. The highest BCUT2D eigenvalue weighted by Gasteiger charge is 2.13. The summed E-state index contributed by atoms with van der Waals surface area (Å²) in [5, 5.41) is 10.9. The van der Waals surface area contributed by atoms with Crippen molar-refractivity contribution < 1.29 is 9.90 Å². The van der Waals surface area contributed by atoms with Crippen molar-refractivity contribution in [3.63, 3.8) is 0 Å². The Morgan fingerprint density at radius 2 is 2.31 bits per heavy atom. The van der Waals surface area contributed by atoms with Crippen LogP contribution in [-0.2, 0) is 4.79 Å². The Kier molecular flexibility index (Phi) is 5.50. The quantitative estimate of drug-likeness (QED) is 0.762. The molecule has 1 fully saturated rings. The summed E-state index contributed by atoms with van der Waals surface area (Å²) in [5.74, 6) is -0.833. The topological polar surface area (TPSA) is 62.2 Å². The third-order valence-corrected chi connectivity index (χ3v) is 2.40. The molecule has 2 N–H and O–H groups in total. The molecule has 0 amide bonds. The van der Waals surface area contributed by atoms with E-state index >= 15 is 0 Å². The summed E-state index contributed by atoms with van der Waals surface area (Å²) in [6, 6.07) is 4.70. The maximum absolute atomic E-state index is 9.00. The number of aromatic nitrogens is 1. The van der Waals surface area contributed by atoms with E-state index in [1.807, 2.05) is 18.5 Å². The number of pyridine rings is 1. The van der Waals surface area contributed by atoms with Gasteiger partial charge in [0.1, 0.15) is 0 Å². The lowest BCUT2D eigenvalue weighted by atomic mass is 9.99. The predicted octanol–water partition coefficient (Wildman–Crippen LogP) is 1.99. The van der Waals surface area contributed by atoms with Gasteiger partial charge in [-0.05, 0) is 31.0 Å². The summed E-state index contributed by atoms with van der Waals surface area (Å²) in [4.78, 5) is 13.1. The van der Waals surface area contributed by atoms with Crippen LogP contribution in [0.25, 0.3) is 0 Å². The van der Waals surface area contributed by atoms with Gasteiger partial charge < -0.3 is 10.4 Å². The van der Waals surface area contributed by atoms with E-state index in [9.17, 15) is 0 Å². The van der Waals surface area contributed by atoms with Gasteiger partial charge >= 0.3 is 0 Å². The van der Waals surface area contributed by atoms with Crippen LogP contribution < -0.4 is 5.32 Å². The van der Waals surface area contributed by atoms with Gasteiger partial charge in [-0.1, -0.05) is 12.5 Å². The fourth-order valence-electron chi connectivity index (χ4n) is 1.72. The number of rotatable bonds is 1. The lowest BCUT2D eigenvalue weighted by Gasteiger charge is -2.23. The Morgan fingerprint density at radius 1 is 1.56 bits per heavy atom. The highest BCUT2D eigenvalue weighted by atomic mass is 16.4. The van der Waals surface area contributed by atoms with E-state index in [0.29, 0.717) is 6.04 Å². The number of hydrogen-bond acceptors (Lipinski definition) is 3. The minimum atomic E-state index is -0.833. The third kappa shape index (κ3) is 4.89. The van der Waals surface area contributed by atoms with Crippen molar-refractivity contribution in [2.75, 3.05) is 6.54 Å². The van der Waals surface area contributed by atoms with E-state index in [1.54, 1.807) is 0 Å². The molecule has 1 unspecified atom stereocenters. The predicted molar refractivity (Wildman–Crippen MR) is 62.1 cm³/mol. The van der Waals surface area contributed by atoms with Gasteiger partial charge in [0.2, 0.25) is 0 Å². The van der Waals surface area contributed by atoms with Gasteiger partial charge in [0.05, 0.1) is 0 Å². The lowest BCUT2D eigenvalue weighted by Crippen LogP contribution is -2.26. The van der Waals surface area contributed by atoms with E-state index in [4.69, 9.17) is 9.90 Å². The molecule has 0 aromatic carbocycles. The molecule has 0 bridgehead atoms. The molecular formula is C12H18N2O2. The minimum Gasteiger partial charge on any atom is -0.481 e. The zero-order chi connectivity index (χ0) is 11.8. The SMILES string of the molecule is CC(=O)O.c1cncc(C2CCCCN2)c1. The molecule has 1 aliphatic heterocycles. The smallest absolute Gasteiger partial charge is 0.300 e. The third-order valence-electron chi connectivity index (χ3n) is 2.40. The molecule has 1 aromatic heterocycles. The van der Waals surface area contributed by atoms with Crippen LogP contribution in [0.1, 0.15) is 37.8 Å². The number of piperidine rings is 1. The van der Waals surface area contributed by atoms with E-state index in [2.05, 4.69) is 16.4 Å². The average Bonchev–Trinajstić information content (AvgIpc) is 2.31. The Balaban J connectivity index is 0.000000280. The van der Waals surface area contributed by atoms with Gasteiger partial charge in [0.25, 0.3) is 5.97 Å². The number of hydrogen-bond donors (Lipinski definition) is 2. The molecule has 1 saturated heterocycles. The van der Waals surface area contributed by atoms with Crippen molar-refractivity contribution in [1.29, 1.82) is 0 Å². The first kappa shape index (κ1) is 12.6. The van der Waals surface area contributed by atoms with E-state index < -0.39 is 5.97 Å².